The minimum atomic E-state index is 0.582. The van der Waals surface area contributed by atoms with Gasteiger partial charge >= 0.3 is 0 Å². The van der Waals surface area contributed by atoms with Crippen molar-refractivity contribution < 1.29 is 0 Å². The second kappa shape index (κ2) is 7.43. The molecule has 1 aromatic rings. The van der Waals surface area contributed by atoms with Gasteiger partial charge in [-0.25, -0.2) is 0 Å². The van der Waals surface area contributed by atoms with Crippen LogP contribution in [0.15, 0.2) is 48.3 Å². The van der Waals surface area contributed by atoms with Crippen molar-refractivity contribution >= 4 is 11.4 Å². The molecule has 1 aromatic carbocycles. The maximum absolute atomic E-state index is 5.81. The molecule has 0 unspecified atom stereocenters. The molecule has 0 aliphatic heterocycles. The van der Waals surface area contributed by atoms with Gasteiger partial charge in [0.2, 0.25) is 0 Å². The fourth-order valence-corrected chi connectivity index (χ4v) is 1.96. The van der Waals surface area contributed by atoms with E-state index in [1.807, 2.05) is 44.1 Å². The number of aryl methyl sites for hydroxylation is 1. The van der Waals surface area contributed by atoms with Crippen LogP contribution in [-0.4, -0.2) is 25.5 Å². The van der Waals surface area contributed by atoms with E-state index in [-0.39, 0.29) is 0 Å². The average Bonchev–Trinajstić information content (AvgIpc) is 2.43. The molecular weight excluding hydrogens is 260 g/mol. The maximum Gasteiger partial charge on any atom is 0.0545 e. The minimum absolute atomic E-state index is 0.582. The molecule has 0 bridgehead atoms. The smallest absolute Gasteiger partial charge is 0.0545 e. The van der Waals surface area contributed by atoms with Crippen molar-refractivity contribution in [2.24, 2.45) is 11.5 Å². The summed E-state index contributed by atoms with van der Waals surface area (Å²) in [5, 5.41) is 3.40. The summed E-state index contributed by atoms with van der Waals surface area (Å²) in [5.41, 5.74) is 17.2. The molecule has 1 rings (SSSR count). The molecule has 5 N–H and O–H groups in total. The normalized spacial score (nSPS) is 12.2. The van der Waals surface area contributed by atoms with Crippen LogP contribution in [0.1, 0.15) is 18.1 Å². The Morgan fingerprint density at radius 3 is 2.57 bits per heavy atom. The third-order valence-electron chi connectivity index (χ3n) is 3.24. The Morgan fingerprint density at radius 1 is 1.38 bits per heavy atom. The van der Waals surface area contributed by atoms with Crippen LogP contribution in [0.3, 0.4) is 0 Å². The highest BCUT2D eigenvalue weighted by Crippen LogP contribution is 2.20. The van der Waals surface area contributed by atoms with Gasteiger partial charge in [0.25, 0.3) is 0 Å². The zero-order valence-corrected chi connectivity index (χ0v) is 13.4. The lowest BCUT2D eigenvalue weighted by Gasteiger charge is -2.14. The molecule has 0 fully saturated rings. The Balaban J connectivity index is 2.75. The Labute approximate surface area is 127 Å². The first-order chi connectivity index (χ1) is 9.85. The van der Waals surface area contributed by atoms with E-state index >= 15 is 0 Å². The molecule has 0 heterocycles. The van der Waals surface area contributed by atoms with Crippen molar-refractivity contribution in [1.29, 1.82) is 0 Å². The van der Waals surface area contributed by atoms with Gasteiger partial charge in [0.05, 0.1) is 5.70 Å². The second-order valence-corrected chi connectivity index (χ2v) is 5.38. The summed E-state index contributed by atoms with van der Waals surface area (Å²) in [6.45, 7) is 8.92. The minimum Gasteiger partial charge on any atom is -0.403 e. The number of rotatable bonds is 6. The molecule has 0 saturated heterocycles. The van der Waals surface area contributed by atoms with Crippen LogP contribution in [0.25, 0.3) is 5.70 Å². The lowest BCUT2D eigenvalue weighted by atomic mass is 10.1. The number of benzene rings is 1. The topological polar surface area (TPSA) is 67.3 Å². The van der Waals surface area contributed by atoms with Gasteiger partial charge in [-0.3, -0.25) is 0 Å². The fourth-order valence-electron chi connectivity index (χ4n) is 1.96. The first kappa shape index (κ1) is 16.7. The van der Waals surface area contributed by atoms with E-state index in [1.54, 1.807) is 0 Å². The van der Waals surface area contributed by atoms with Crippen LogP contribution in [0.2, 0.25) is 0 Å². The summed E-state index contributed by atoms with van der Waals surface area (Å²) < 4.78 is 0. The molecule has 21 heavy (non-hydrogen) atoms. The molecule has 0 aliphatic rings. The summed E-state index contributed by atoms with van der Waals surface area (Å²) in [6, 6.07) is 5.99. The highest BCUT2D eigenvalue weighted by molar-refractivity contribution is 5.66. The largest absolute Gasteiger partial charge is 0.403 e. The summed E-state index contributed by atoms with van der Waals surface area (Å²) in [6.07, 6.45) is 3.48. The molecule has 0 saturated carbocycles. The van der Waals surface area contributed by atoms with Gasteiger partial charge in [-0.05, 0) is 48.3 Å². The van der Waals surface area contributed by atoms with Crippen molar-refractivity contribution in [2.75, 3.05) is 26.0 Å². The first-order valence-electron chi connectivity index (χ1n) is 6.90. The van der Waals surface area contributed by atoms with E-state index in [4.69, 9.17) is 11.5 Å². The molecule has 4 heteroatoms. The zero-order valence-electron chi connectivity index (χ0n) is 13.4. The van der Waals surface area contributed by atoms with Crippen LogP contribution in [0, 0.1) is 6.92 Å². The Hall–Kier alpha value is -2.36. The van der Waals surface area contributed by atoms with Crippen LogP contribution in [-0.2, 0) is 0 Å². The van der Waals surface area contributed by atoms with Crippen LogP contribution >= 0.6 is 0 Å². The molecule has 0 atom stereocenters. The Kier molecular flexibility index (Phi) is 5.91. The Morgan fingerprint density at radius 2 is 2.05 bits per heavy atom. The van der Waals surface area contributed by atoms with Crippen molar-refractivity contribution in [3.8, 4) is 0 Å². The van der Waals surface area contributed by atoms with E-state index in [9.17, 15) is 0 Å². The van der Waals surface area contributed by atoms with E-state index in [1.165, 1.54) is 6.20 Å². The number of nitrogens with zero attached hydrogens (tertiary/aromatic N) is 1. The van der Waals surface area contributed by atoms with Crippen LogP contribution in [0.5, 0.6) is 0 Å². The van der Waals surface area contributed by atoms with Crippen molar-refractivity contribution in [1.82, 2.24) is 4.90 Å². The van der Waals surface area contributed by atoms with Crippen molar-refractivity contribution in [3.05, 3.63) is 59.5 Å². The molecule has 0 aromatic heterocycles. The zero-order chi connectivity index (χ0) is 16.0. The quantitative estimate of drug-likeness (QED) is 0.703. The number of hydrogen-bond donors (Lipinski definition) is 3. The number of nitrogens with one attached hydrogen (secondary N) is 1. The van der Waals surface area contributed by atoms with E-state index in [2.05, 4.69) is 25.0 Å². The molecule has 114 valence electrons. The van der Waals surface area contributed by atoms with E-state index in [0.29, 0.717) is 12.2 Å². The standard InChI is InChI=1S/C17H26N4/c1-12-8-15(16(19)9-18)6-7-17(12)20-10-13(2)14(3)11-21(4)5/h6-9,11,20H,2,10,18-19H2,1,3-5H3/b14-11+,16-9-. The van der Waals surface area contributed by atoms with Gasteiger partial charge in [0, 0.05) is 38.7 Å². The first-order valence-corrected chi connectivity index (χ1v) is 6.90. The molecular formula is C17H26N4. The maximum atomic E-state index is 5.81. The van der Waals surface area contributed by atoms with Gasteiger partial charge in [-0.15, -0.1) is 0 Å². The molecule has 0 amide bonds. The SMILES string of the molecule is C=C(CNc1ccc(/C(N)=C/N)cc1C)/C(C)=C/N(C)C. The summed E-state index contributed by atoms with van der Waals surface area (Å²) in [5.74, 6) is 0. The summed E-state index contributed by atoms with van der Waals surface area (Å²) in [7, 11) is 4.00. The predicted octanol–water partition coefficient (Wildman–Crippen LogP) is 2.64. The van der Waals surface area contributed by atoms with Gasteiger partial charge in [-0.1, -0.05) is 12.6 Å². The van der Waals surface area contributed by atoms with Crippen molar-refractivity contribution in [2.45, 2.75) is 13.8 Å². The monoisotopic (exact) mass is 286 g/mol. The summed E-state index contributed by atoms with van der Waals surface area (Å²) >= 11 is 0. The van der Waals surface area contributed by atoms with Gasteiger partial charge in [0.15, 0.2) is 0 Å². The van der Waals surface area contributed by atoms with Crippen molar-refractivity contribution in [3.63, 3.8) is 0 Å². The van der Waals surface area contributed by atoms with Gasteiger partial charge in [-0.2, -0.15) is 0 Å². The highest BCUT2D eigenvalue weighted by atomic mass is 15.0. The van der Waals surface area contributed by atoms with E-state index < -0.39 is 0 Å². The van der Waals surface area contributed by atoms with Gasteiger partial charge < -0.3 is 21.7 Å². The van der Waals surface area contributed by atoms with E-state index in [0.717, 1.165) is 28.0 Å². The fraction of sp³-hybridized carbons (Fsp3) is 0.294. The molecule has 4 nitrogen and oxygen atoms in total. The number of hydrogen-bond acceptors (Lipinski definition) is 4. The third-order valence-corrected chi connectivity index (χ3v) is 3.24. The van der Waals surface area contributed by atoms with Gasteiger partial charge in [0.1, 0.15) is 0 Å². The lowest BCUT2D eigenvalue weighted by Crippen LogP contribution is -2.09. The predicted molar refractivity (Wildman–Crippen MR) is 92.6 cm³/mol. The number of nitrogens with two attached hydrogens (primary N) is 2. The molecule has 0 aliphatic carbocycles. The third kappa shape index (κ3) is 4.91. The average molecular weight is 286 g/mol. The lowest BCUT2D eigenvalue weighted by molar-refractivity contribution is 0.559. The second-order valence-electron chi connectivity index (χ2n) is 5.38. The molecule has 0 radical (unpaired) electrons. The summed E-state index contributed by atoms with van der Waals surface area (Å²) in [4.78, 5) is 2.02. The Bertz CT molecular complexity index is 568. The van der Waals surface area contributed by atoms with Crippen LogP contribution in [0.4, 0.5) is 5.69 Å². The molecule has 0 spiro atoms. The number of anilines is 1. The highest BCUT2D eigenvalue weighted by Gasteiger charge is 2.03. The van der Waals surface area contributed by atoms with Crippen LogP contribution < -0.4 is 16.8 Å².